The lowest BCUT2D eigenvalue weighted by Gasteiger charge is -2.14. The molecule has 0 radical (unpaired) electrons. The van der Waals surface area contributed by atoms with E-state index < -0.39 is 0 Å². The molecule has 0 heterocycles. The highest BCUT2D eigenvalue weighted by molar-refractivity contribution is 14.1. The second-order valence-electron chi connectivity index (χ2n) is 7.49. The molecule has 0 fully saturated rings. The summed E-state index contributed by atoms with van der Waals surface area (Å²) in [4.78, 5) is 24.2. The molecule has 37 heavy (non-hydrogen) atoms. The molecule has 2 amide bonds. The van der Waals surface area contributed by atoms with Crippen molar-refractivity contribution in [1.82, 2.24) is 10.7 Å². The van der Waals surface area contributed by atoms with Crippen LogP contribution in [0.25, 0.3) is 0 Å². The van der Waals surface area contributed by atoms with Gasteiger partial charge in [0, 0.05) is 34.1 Å². The van der Waals surface area contributed by atoms with E-state index in [4.69, 9.17) is 55.9 Å². The van der Waals surface area contributed by atoms with Crippen LogP contribution in [0.15, 0.2) is 53.6 Å². The fraction of sp³-hybridized carbons (Fsp3) is 0.160. The van der Waals surface area contributed by atoms with Crippen LogP contribution in [0, 0.1) is 3.57 Å². The molecular weight excluding hydrogens is 675 g/mol. The Hall–Kier alpha value is -2.24. The molecular formula is C25H20Cl4IN3O4. The number of nitrogens with one attached hydrogen (secondary N) is 2. The van der Waals surface area contributed by atoms with Crippen LogP contribution >= 0.6 is 69.0 Å². The number of hydrogen-bond donors (Lipinski definition) is 2. The minimum atomic E-state index is -0.368. The number of hydrogen-bond acceptors (Lipinski definition) is 5. The molecule has 3 aromatic carbocycles. The Morgan fingerprint density at radius 1 is 1.00 bits per heavy atom. The van der Waals surface area contributed by atoms with Gasteiger partial charge in [-0.25, -0.2) is 5.43 Å². The summed E-state index contributed by atoms with van der Waals surface area (Å²) in [5.74, 6) is 0.312. The molecule has 0 bridgehead atoms. The number of ether oxygens (including phenoxy) is 2. The van der Waals surface area contributed by atoms with E-state index in [1.165, 1.54) is 25.5 Å². The van der Waals surface area contributed by atoms with E-state index in [-0.39, 0.29) is 36.4 Å². The van der Waals surface area contributed by atoms with Crippen LogP contribution in [0.1, 0.15) is 27.9 Å². The first-order valence-corrected chi connectivity index (χ1v) is 13.3. The maximum Gasteiger partial charge on any atom is 0.251 e. The van der Waals surface area contributed by atoms with Gasteiger partial charge in [-0.2, -0.15) is 5.10 Å². The maximum atomic E-state index is 12.2. The summed E-state index contributed by atoms with van der Waals surface area (Å²) < 4.78 is 12.2. The molecule has 7 nitrogen and oxygen atoms in total. The standard InChI is InChI=1S/C25H20Cl4IN3O4/c1-36-22-9-14(8-21(30)24(22)37-13-16-2-4-17(26)11-19(16)28)12-32-33-23(34)6-7-31-25(35)15-3-5-18(27)20(29)10-15/h2-5,8-12H,6-7,13H2,1H3,(H,31,35)(H,33,34). The zero-order valence-corrected chi connectivity index (χ0v) is 24.5. The summed E-state index contributed by atoms with van der Waals surface area (Å²) in [5, 5.41) is 8.31. The van der Waals surface area contributed by atoms with Gasteiger partial charge in [0.25, 0.3) is 5.91 Å². The SMILES string of the molecule is COc1cc(C=NNC(=O)CCNC(=O)c2ccc(Cl)c(Cl)c2)cc(I)c1OCc1ccc(Cl)cc1Cl. The highest BCUT2D eigenvalue weighted by Gasteiger charge is 2.13. The van der Waals surface area contributed by atoms with Crippen molar-refractivity contribution in [2.45, 2.75) is 13.0 Å². The van der Waals surface area contributed by atoms with Gasteiger partial charge in [-0.05, 0) is 70.6 Å². The number of benzene rings is 3. The molecule has 12 heteroatoms. The highest BCUT2D eigenvalue weighted by atomic mass is 127. The molecule has 2 N–H and O–H groups in total. The van der Waals surface area contributed by atoms with Crippen molar-refractivity contribution in [2.24, 2.45) is 5.10 Å². The molecule has 0 saturated heterocycles. The van der Waals surface area contributed by atoms with Crippen molar-refractivity contribution < 1.29 is 19.1 Å². The predicted molar refractivity (Wildman–Crippen MR) is 156 cm³/mol. The summed E-state index contributed by atoms with van der Waals surface area (Å²) in [7, 11) is 1.53. The summed E-state index contributed by atoms with van der Waals surface area (Å²) in [6, 6.07) is 13.3. The fourth-order valence-electron chi connectivity index (χ4n) is 3.01. The minimum absolute atomic E-state index is 0.0330. The van der Waals surface area contributed by atoms with Gasteiger partial charge in [0.05, 0.1) is 26.9 Å². The second kappa shape index (κ2) is 14.1. The number of hydrazone groups is 1. The Balaban J connectivity index is 1.52. The Morgan fingerprint density at radius 3 is 2.49 bits per heavy atom. The fourth-order valence-corrected chi connectivity index (χ4v) is 4.55. The van der Waals surface area contributed by atoms with Crippen molar-refractivity contribution in [3.8, 4) is 11.5 Å². The monoisotopic (exact) mass is 693 g/mol. The third kappa shape index (κ3) is 8.65. The van der Waals surface area contributed by atoms with Crippen LogP contribution in [0.3, 0.4) is 0 Å². The first kappa shape index (κ1) is 29.3. The summed E-state index contributed by atoms with van der Waals surface area (Å²) in [5.41, 5.74) is 4.25. The first-order valence-electron chi connectivity index (χ1n) is 10.7. The van der Waals surface area contributed by atoms with E-state index in [0.29, 0.717) is 37.7 Å². The molecule has 3 aromatic rings. The average molecular weight is 695 g/mol. The van der Waals surface area contributed by atoms with Gasteiger partial charge in [-0.3, -0.25) is 9.59 Å². The minimum Gasteiger partial charge on any atom is -0.493 e. The molecule has 0 aromatic heterocycles. The average Bonchev–Trinajstić information content (AvgIpc) is 2.85. The van der Waals surface area contributed by atoms with Gasteiger partial charge < -0.3 is 14.8 Å². The van der Waals surface area contributed by atoms with E-state index in [1.807, 2.05) is 6.07 Å². The normalized spacial score (nSPS) is 10.9. The van der Waals surface area contributed by atoms with Crippen LogP contribution < -0.4 is 20.2 Å². The van der Waals surface area contributed by atoms with Crippen LogP contribution in [-0.2, 0) is 11.4 Å². The molecule has 0 spiro atoms. The Kier molecular flexibility index (Phi) is 11.1. The number of carbonyl (C=O) groups is 2. The van der Waals surface area contributed by atoms with E-state index in [9.17, 15) is 9.59 Å². The number of amides is 2. The van der Waals surface area contributed by atoms with Crippen molar-refractivity contribution in [1.29, 1.82) is 0 Å². The van der Waals surface area contributed by atoms with Crippen LogP contribution in [0.2, 0.25) is 20.1 Å². The van der Waals surface area contributed by atoms with Gasteiger partial charge in [0.2, 0.25) is 5.91 Å². The lowest BCUT2D eigenvalue weighted by molar-refractivity contribution is -0.120. The molecule has 3 rings (SSSR count). The van der Waals surface area contributed by atoms with Gasteiger partial charge in [0.15, 0.2) is 11.5 Å². The van der Waals surface area contributed by atoms with E-state index >= 15 is 0 Å². The van der Waals surface area contributed by atoms with Crippen molar-refractivity contribution in [3.63, 3.8) is 0 Å². The first-order chi connectivity index (χ1) is 17.7. The molecule has 0 aliphatic carbocycles. The maximum absolute atomic E-state index is 12.2. The zero-order valence-electron chi connectivity index (χ0n) is 19.3. The number of methoxy groups -OCH3 is 1. The van der Waals surface area contributed by atoms with E-state index in [0.717, 1.165) is 9.13 Å². The highest BCUT2D eigenvalue weighted by Crippen LogP contribution is 2.35. The van der Waals surface area contributed by atoms with Crippen molar-refractivity contribution in [2.75, 3.05) is 13.7 Å². The number of nitrogens with zero attached hydrogens (tertiary/aromatic N) is 1. The molecule has 0 aliphatic rings. The number of rotatable bonds is 10. The number of carbonyl (C=O) groups excluding carboxylic acids is 2. The van der Waals surface area contributed by atoms with E-state index in [2.05, 4.69) is 38.4 Å². The molecule has 0 unspecified atom stereocenters. The van der Waals surface area contributed by atoms with Gasteiger partial charge >= 0.3 is 0 Å². The van der Waals surface area contributed by atoms with Crippen molar-refractivity contribution in [3.05, 3.63) is 88.9 Å². The number of halogens is 5. The van der Waals surface area contributed by atoms with Gasteiger partial charge in [-0.15, -0.1) is 0 Å². The Morgan fingerprint density at radius 2 is 1.78 bits per heavy atom. The zero-order chi connectivity index (χ0) is 26.9. The van der Waals surface area contributed by atoms with Crippen LogP contribution in [0.5, 0.6) is 11.5 Å². The lowest BCUT2D eigenvalue weighted by Crippen LogP contribution is -2.29. The quantitative estimate of drug-likeness (QED) is 0.140. The van der Waals surface area contributed by atoms with Crippen LogP contribution in [-0.4, -0.2) is 31.7 Å². The topological polar surface area (TPSA) is 89.0 Å². The lowest BCUT2D eigenvalue weighted by atomic mass is 10.2. The molecule has 0 saturated carbocycles. The van der Waals surface area contributed by atoms with Crippen molar-refractivity contribution >= 4 is 87.0 Å². The third-order valence-electron chi connectivity index (χ3n) is 4.86. The molecule has 0 atom stereocenters. The Bertz CT molecular complexity index is 1340. The summed E-state index contributed by atoms with van der Waals surface area (Å²) in [6.45, 7) is 0.350. The Labute approximate surface area is 247 Å². The van der Waals surface area contributed by atoms with E-state index in [1.54, 1.807) is 30.3 Å². The largest absolute Gasteiger partial charge is 0.493 e. The van der Waals surface area contributed by atoms with Gasteiger partial charge in [0.1, 0.15) is 6.61 Å². The predicted octanol–water partition coefficient (Wildman–Crippen LogP) is 6.76. The van der Waals surface area contributed by atoms with Crippen LogP contribution in [0.4, 0.5) is 0 Å². The summed E-state index contributed by atoms with van der Waals surface area (Å²) in [6.07, 6.45) is 1.52. The summed E-state index contributed by atoms with van der Waals surface area (Å²) >= 11 is 26.1. The third-order valence-corrected chi connectivity index (χ3v) is 6.99. The second-order valence-corrected chi connectivity index (χ2v) is 10.3. The molecule has 0 aliphatic heterocycles. The smallest absolute Gasteiger partial charge is 0.251 e. The molecule has 194 valence electrons. The van der Waals surface area contributed by atoms with Gasteiger partial charge in [-0.1, -0.05) is 52.5 Å².